The summed E-state index contributed by atoms with van der Waals surface area (Å²) in [5.74, 6) is -0.707. The van der Waals surface area contributed by atoms with Crippen LogP contribution in [0.15, 0.2) is 17.5 Å². The van der Waals surface area contributed by atoms with Gasteiger partial charge in [0.2, 0.25) is 0 Å². The van der Waals surface area contributed by atoms with Crippen LogP contribution in [0.25, 0.3) is 9.88 Å². The summed E-state index contributed by atoms with van der Waals surface area (Å²) in [6, 6.07) is 3.93. The first-order chi connectivity index (χ1) is 11.9. The fraction of sp³-hybridized carbons (Fsp3) is 0.235. The molecule has 1 amide bonds. The van der Waals surface area contributed by atoms with Gasteiger partial charge in [0.15, 0.2) is 0 Å². The molecule has 0 atom stereocenters. The van der Waals surface area contributed by atoms with Gasteiger partial charge in [-0.2, -0.15) is 0 Å². The van der Waals surface area contributed by atoms with E-state index in [9.17, 15) is 9.59 Å². The number of nitrogens with zero attached hydrogens (tertiary/aromatic N) is 1. The van der Waals surface area contributed by atoms with Gasteiger partial charge in [-0.05, 0) is 37.8 Å². The van der Waals surface area contributed by atoms with Gasteiger partial charge in [0.1, 0.15) is 14.9 Å². The van der Waals surface area contributed by atoms with Gasteiger partial charge in [-0.1, -0.05) is 6.07 Å². The standard InChI is InChI=1S/C17H16N2O3S3/c1-8-10(3)24-16(12(8)17(21)22-4)19-14(20)13-9(2)18-15(25-13)11-6-5-7-23-11/h5-7H,1-4H3,(H,19,20). The van der Waals surface area contributed by atoms with Crippen LogP contribution in [-0.4, -0.2) is 24.0 Å². The molecule has 0 unspecified atom stereocenters. The summed E-state index contributed by atoms with van der Waals surface area (Å²) in [7, 11) is 1.33. The third-order valence-corrected chi connectivity index (χ3v) is 7.05. The van der Waals surface area contributed by atoms with Crippen LogP contribution in [0.4, 0.5) is 5.00 Å². The lowest BCUT2D eigenvalue weighted by Crippen LogP contribution is -2.14. The molecule has 0 saturated heterocycles. The Kier molecular flexibility index (Phi) is 5.03. The maximum absolute atomic E-state index is 12.7. The maximum atomic E-state index is 12.7. The number of thiophene rings is 2. The highest BCUT2D eigenvalue weighted by Gasteiger charge is 2.24. The summed E-state index contributed by atoms with van der Waals surface area (Å²) in [5.41, 5.74) is 1.92. The number of aromatic nitrogens is 1. The van der Waals surface area contributed by atoms with E-state index in [4.69, 9.17) is 4.74 Å². The number of esters is 1. The zero-order chi connectivity index (χ0) is 18.1. The number of nitrogens with one attached hydrogen (secondary N) is 1. The zero-order valence-electron chi connectivity index (χ0n) is 14.1. The Hall–Kier alpha value is -2.03. The first-order valence-electron chi connectivity index (χ1n) is 7.43. The topological polar surface area (TPSA) is 68.3 Å². The van der Waals surface area contributed by atoms with Gasteiger partial charge in [-0.15, -0.1) is 34.0 Å². The van der Waals surface area contributed by atoms with Crippen molar-refractivity contribution in [1.29, 1.82) is 0 Å². The summed E-state index contributed by atoms with van der Waals surface area (Å²) in [5, 5.41) is 6.17. The number of carbonyl (C=O) groups is 2. The van der Waals surface area contributed by atoms with E-state index < -0.39 is 5.97 Å². The van der Waals surface area contributed by atoms with Gasteiger partial charge in [0.25, 0.3) is 5.91 Å². The first kappa shape index (κ1) is 17.8. The molecule has 3 aromatic heterocycles. The molecule has 8 heteroatoms. The second kappa shape index (κ2) is 7.07. The van der Waals surface area contributed by atoms with Crippen LogP contribution < -0.4 is 5.32 Å². The van der Waals surface area contributed by atoms with Crippen LogP contribution in [0.5, 0.6) is 0 Å². The molecule has 130 valence electrons. The summed E-state index contributed by atoms with van der Waals surface area (Å²) in [6.45, 7) is 5.57. The van der Waals surface area contributed by atoms with Crippen LogP contribution >= 0.6 is 34.0 Å². The Morgan fingerprint density at radius 2 is 1.96 bits per heavy atom. The van der Waals surface area contributed by atoms with Crippen LogP contribution in [-0.2, 0) is 4.74 Å². The molecule has 0 radical (unpaired) electrons. The van der Waals surface area contributed by atoms with E-state index >= 15 is 0 Å². The molecule has 3 rings (SSSR count). The van der Waals surface area contributed by atoms with Crippen molar-refractivity contribution in [2.24, 2.45) is 0 Å². The molecule has 3 heterocycles. The number of anilines is 1. The fourth-order valence-electron chi connectivity index (χ4n) is 2.34. The van der Waals surface area contributed by atoms with E-state index in [2.05, 4.69) is 10.3 Å². The second-order valence-electron chi connectivity index (χ2n) is 5.34. The van der Waals surface area contributed by atoms with E-state index in [1.165, 1.54) is 29.8 Å². The minimum absolute atomic E-state index is 0.260. The molecule has 0 fully saturated rings. The molecule has 0 aromatic carbocycles. The smallest absolute Gasteiger partial charge is 0.341 e. The van der Waals surface area contributed by atoms with Gasteiger partial charge in [-0.3, -0.25) is 4.79 Å². The number of hydrogen-bond donors (Lipinski definition) is 1. The number of ether oxygens (including phenoxy) is 1. The van der Waals surface area contributed by atoms with Crippen molar-refractivity contribution in [1.82, 2.24) is 4.98 Å². The lowest BCUT2D eigenvalue weighted by Gasteiger charge is -2.05. The van der Waals surface area contributed by atoms with Crippen molar-refractivity contribution in [3.63, 3.8) is 0 Å². The van der Waals surface area contributed by atoms with Gasteiger partial charge >= 0.3 is 5.97 Å². The largest absolute Gasteiger partial charge is 0.465 e. The molecule has 3 aromatic rings. The lowest BCUT2D eigenvalue weighted by molar-refractivity contribution is 0.0601. The van der Waals surface area contributed by atoms with Crippen LogP contribution in [0.1, 0.15) is 36.2 Å². The number of carbonyl (C=O) groups excluding carboxylic acids is 2. The average Bonchev–Trinajstić information content (AvgIpc) is 3.28. The van der Waals surface area contributed by atoms with Crippen molar-refractivity contribution in [2.45, 2.75) is 20.8 Å². The SMILES string of the molecule is COC(=O)c1c(NC(=O)c2sc(-c3cccs3)nc2C)sc(C)c1C. The number of aryl methyl sites for hydroxylation is 2. The normalized spacial score (nSPS) is 10.7. The molecule has 0 saturated carbocycles. The molecule has 25 heavy (non-hydrogen) atoms. The maximum Gasteiger partial charge on any atom is 0.341 e. The van der Waals surface area contributed by atoms with E-state index in [-0.39, 0.29) is 5.91 Å². The molecular formula is C17H16N2O3S3. The van der Waals surface area contributed by atoms with Gasteiger partial charge in [-0.25, -0.2) is 9.78 Å². The van der Waals surface area contributed by atoms with Crippen molar-refractivity contribution in [3.8, 4) is 9.88 Å². The number of thiazole rings is 1. The molecule has 5 nitrogen and oxygen atoms in total. The second-order valence-corrected chi connectivity index (χ2v) is 8.52. The molecule has 0 aliphatic rings. The van der Waals surface area contributed by atoms with Crippen LogP contribution in [0.3, 0.4) is 0 Å². The number of methoxy groups -OCH3 is 1. The van der Waals surface area contributed by atoms with Gasteiger partial charge in [0, 0.05) is 4.88 Å². The van der Waals surface area contributed by atoms with E-state index in [0.717, 1.165) is 20.3 Å². The van der Waals surface area contributed by atoms with Crippen LogP contribution in [0, 0.1) is 20.8 Å². The minimum atomic E-state index is -0.447. The molecule has 0 aliphatic carbocycles. The minimum Gasteiger partial charge on any atom is -0.465 e. The van der Waals surface area contributed by atoms with Crippen LogP contribution in [0.2, 0.25) is 0 Å². The highest BCUT2D eigenvalue weighted by atomic mass is 32.1. The van der Waals surface area contributed by atoms with E-state index in [1.807, 2.05) is 38.3 Å². The zero-order valence-corrected chi connectivity index (χ0v) is 16.6. The Labute approximate surface area is 157 Å². The molecule has 1 N–H and O–H groups in total. The summed E-state index contributed by atoms with van der Waals surface area (Å²) in [4.78, 5) is 31.8. The summed E-state index contributed by atoms with van der Waals surface area (Å²) >= 11 is 4.31. The molecule has 0 bridgehead atoms. The van der Waals surface area contributed by atoms with Crippen molar-refractivity contribution >= 4 is 50.9 Å². The molecule has 0 aliphatic heterocycles. The molecule has 0 spiro atoms. The number of hydrogen-bond acceptors (Lipinski definition) is 7. The number of amides is 1. The van der Waals surface area contributed by atoms with Gasteiger partial charge < -0.3 is 10.1 Å². The third-order valence-electron chi connectivity index (χ3n) is 3.74. The summed E-state index contributed by atoms with van der Waals surface area (Å²) < 4.78 is 4.84. The van der Waals surface area contributed by atoms with E-state index in [0.29, 0.717) is 21.1 Å². The Balaban J connectivity index is 1.91. The highest BCUT2D eigenvalue weighted by Crippen LogP contribution is 2.35. The van der Waals surface area contributed by atoms with Crippen molar-refractivity contribution < 1.29 is 14.3 Å². The average molecular weight is 393 g/mol. The Bertz CT molecular complexity index is 939. The number of rotatable bonds is 4. The third kappa shape index (κ3) is 3.37. The predicted molar refractivity (Wildman–Crippen MR) is 103 cm³/mol. The van der Waals surface area contributed by atoms with E-state index in [1.54, 1.807) is 11.3 Å². The first-order valence-corrected chi connectivity index (χ1v) is 9.94. The summed E-state index contributed by atoms with van der Waals surface area (Å²) in [6.07, 6.45) is 0. The monoisotopic (exact) mass is 392 g/mol. The Morgan fingerprint density at radius 1 is 1.20 bits per heavy atom. The van der Waals surface area contributed by atoms with Gasteiger partial charge in [0.05, 0.1) is 23.2 Å². The molecular weight excluding hydrogens is 376 g/mol. The highest BCUT2D eigenvalue weighted by molar-refractivity contribution is 7.22. The predicted octanol–water partition coefficient (Wildman–Crippen LogP) is 4.90. The van der Waals surface area contributed by atoms with Crippen molar-refractivity contribution in [2.75, 3.05) is 12.4 Å². The van der Waals surface area contributed by atoms with Crippen molar-refractivity contribution in [3.05, 3.63) is 44.1 Å². The quantitative estimate of drug-likeness (QED) is 0.642. The fourth-order valence-corrected chi connectivity index (χ4v) is 5.14. The lowest BCUT2D eigenvalue weighted by atomic mass is 10.1. The Morgan fingerprint density at radius 3 is 2.60 bits per heavy atom.